The summed E-state index contributed by atoms with van der Waals surface area (Å²) in [4.78, 5) is 49.1. The summed E-state index contributed by atoms with van der Waals surface area (Å²) in [6, 6.07) is 13.7. The highest BCUT2D eigenvalue weighted by Crippen LogP contribution is 2.57. The van der Waals surface area contributed by atoms with Crippen LogP contribution in [0.25, 0.3) is 10.8 Å². The predicted octanol–water partition coefficient (Wildman–Crippen LogP) is 6.37. The van der Waals surface area contributed by atoms with E-state index < -0.39 is 44.2 Å². The zero-order valence-electron chi connectivity index (χ0n) is 29.3. The topological polar surface area (TPSA) is 123 Å². The lowest BCUT2D eigenvalue weighted by atomic mass is 9.89. The molecule has 1 aromatic heterocycles. The quantitative estimate of drug-likeness (QED) is 0.282. The molecule has 4 aliphatic rings. The third-order valence-electron chi connectivity index (χ3n) is 11.6. The predicted molar refractivity (Wildman–Crippen MR) is 192 cm³/mol. The number of aromatic nitrogens is 1. The number of ether oxygens (including phenoxy) is 1. The number of pyridine rings is 1. The number of Topliss-reactive ketones (excluding diaryl/α,β-unsaturated/α-hetero) is 1. The minimum Gasteiger partial charge on any atom is -0.472 e. The van der Waals surface area contributed by atoms with Crippen LogP contribution in [0.1, 0.15) is 82.3 Å². The molecule has 51 heavy (non-hydrogen) atoms. The Morgan fingerprint density at radius 2 is 1.90 bits per heavy atom. The molecule has 0 bridgehead atoms. The second-order valence-electron chi connectivity index (χ2n) is 15.4. The Kier molecular flexibility index (Phi) is 9.54. The van der Waals surface area contributed by atoms with Gasteiger partial charge in [-0.3, -0.25) is 19.1 Å². The Morgan fingerprint density at radius 3 is 2.69 bits per heavy atom. The van der Waals surface area contributed by atoms with Crippen LogP contribution in [0.5, 0.6) is 5.88 Å². The van der Waals surface area contributed by atoms with Crippen LogP contribution in [-0.4, -0.2) is 59.3 Å². The van der Waals surface area contributed by atoms with Gasteiger partial charge < -0.3 is 9.64 Å². The maximum absolute atomic E-state index is 14.6. The molecule has 1 saturated heterocycles. The van der Waals surface area contributed by atoms with Gasteiger partial charge in [-0.15, -0.1) is 0 Å². The van der Waals surface area contributed by atoms with Gasteiger partial charge in [-0.25, -0.2) is 17.8 Å². The number of aryl methyl sites for hydroxylation is 1. The Hall–Kier alpha value is -4.12. The third kappa shape index (κ3) is 7.19. The van der Waals surface area contributed by atoms with Crippen molar-refractivity contribution in [2.45, 2.75) is 101 Å². The maximum atomic E-state index is 14.6. The third-order valence-corrected chi connectivity index (χ3v) is 13.7. The second-order valence-corrected chi connectivity index (χ2v) is 17.6. The summed E-state index contributed by atoms with van der Waals surface area (Å²) in [7, 11) is -3.91. The highest BCUT2D eigenvalue weighted by atomic mass is 32.2. The molecule has 11 heteroatoms. The minimum absolute atomic E-state index is 0.161. The number of allylic oxidation sites excluding steroid dienone is 2. The number of amides is 2. The van der Waals surface area contributed by atoms with Crippen molar-refractivity contribution in [2.24, 2.45) is 17.3 Å². The summed E-state index contributed by atoms with van der Waals surface area (Å²) in [6.07, 6.45) is 10.9. The van der Waals surface area contributed by atoms with Crippen LogP contribution in [-0.2, 0) is 30.8 Å². The van der Waals surface area contributed by atoms with Gasteiger partial charge in [-0.2, -0.15) is 0 Å². The smallest absolute Gasteiger partial charge is 0.240 e. The molecule has 3 heterocycles. The van der Waals surface area contributed by atoms with E-state index in [0.717, 1.165) is 42.0 Å². The van der Waals surface area contributed by atoms with Crippen molar-refractivity contribution in [2.75, 3.05) is 6.54 Å². The van der Waals surface area contributed by atoms with Crippen molar-refractivity contribution in [3.63, 3.8) is 0 Å². The number of carbonyl (C=O) groups excluding carboxylic acids is 3. The number of nitrogens with one attached hydrogen (secondary N) is 1. The number of ketones is 1. The molecule has 2 saturated carbocycles. The average Bonchev–Trinajstić information content (AvgIpc) is 3.98. The molecule has 270 valence electrons. The van der Waals surface area contributed by atoms with Gasteiger partial charge in [0.25, 0.3) is 0 Å². The van der Waals surface area contributed by atoms with Crippen LogP contribution in [0.15, 0.2) is 66.9 Å². The second kappa shape index (κ2) is 13.8. The Labute approximate surface area is 299 Å². The molecule has 2 amide bonds. The van der Waals surface area contributed by atoms with Gasteiger partial charge in [-0.05, 0) is 99.4 Å². The summed E-state index contributed by atoms with van der Waals surface area (Å²) < 4.78 is 48.3. The molecule has 3 aromatic rings. The largest absolute Gasteiger partial charge is 0.472 e. The van der Waals surface area contributed by atoms with E-state index in [0.29, 0.717) is 43.5 Å². The number of halogens is 1. The molecule has 7 rings (SSSR count). The van der Waals surface area contributed by atoms with Gasteiger partial charge >= 0.3 is 0 Å². The number of fused-ring (bicyclic) bond motifs is 3. The molecular weight excluding hydrogens is 670 g/mol. The number of sulfonamides is 1. The normalized spacial score (nSPS) is 28.6. The molecule has 3 fully saturated rings. The molecule has 9 nitrogen and oxygen atoms in total. The highest BCUT2D eigenvalue weighted by molar-refractivity contribution is 7.91. The van der Waals surface area contributed by atoms with Crippen LogP contribution < -0.4 is 9.46 Å². The SMILES string of the molecule is Cc1cc(C[C@H]2CCCCC/C=C\[C@H]3C[C@@]3(C(=O)NS(=O)(=O)C3(C)CC3)CC(=O)[C@@H]3C[C@@H](Oc4nccc5ccccc45)CN3C2=O)ccc1F. The van der Waals surface area contributed by atoms with Gasteiger partial charge in [0.05, 0.1) is 22.7 Å². The van der Waals surface area contributed by atoms with E-state index in [4.69, 9.17) is 4.74 Å². The number of hydrogen-bond donors (Lipinski definition) is 1. The molecule has 2 aliphatic carbocycles. The number of nitrogens with zero attached hydrogens (tertiary/aromatic N) is 2. The van der Waals surface area contributed by atoms with Crippen LogP contribution in [0.2, 0.25) is 0 Å². The number of hydrogen-bond acceptors (Lipinski definition) is 7. The van der Waals surface area contributed by atoms with Gasteiger partial charge in [0.15, 0.2) is 5.78 Å². The van der Waals surface area contributed by atoms with E-state index in [-0.39, 0.29) is 42.8 Å². The highest BCUT2D eigenvalue weighted by Gasteiger charge is 2.62. The first kappa shape index (κ1) is 35.3. The van der Waals surface area contributed by atoms with E-state index in [1.165, 1.54) is 6.07 Å². The molecule has 1 N–H and O–H groups in total. The number of rotatable bonds is 7. The van der Waals surface area contributed by atoms with Crippen LogP contribution in [0.4, 0.5) is 4.39 Å². The van der Waals surface area contributed by atoms with Gasteiger partial charge in [0.1, 0.15) is 11.9 Å². The van der Waals surface area contributed by atoms with Crippen molar-refractivity contribution in [3.8, 4) is 5.88 Å². The van der Waals surface area contributed by atoms with Gasteiger partial charge in [0.2, 0.25) is 27.7 Å². The Morgan fingerprint density at radius 1 is 1.10 bits per heavy atom. The summed E-state index contributed by atoms with van der Waals surface area (Å²) in [5.41, 5.74) is 0.154. The zero-order chi connectivity index (χ0) is 36.0. The van der Waals surface area contributed by atoms with Crippen molar-refractivity contribution in [1.29, 1.82) is 0 Å². The van der Waals surface area contributed by atoms with Crippen molar-refractivity contribution in [1.82, 2.24) is 14.6 Å². The fourth-order valence-corrected chi connectivity index (χ4v) is 9.22. The number of carbonyl (C=O) groups is 3. The van der Waals surface area contributed by atoms with E-state index in [1.54, 1.807) is 37.1 Å². The fraction of sp³-hybridized carbons (Fsp3) is 0.500. The first-order chi connectivity index (χ1) is 24.4. The molecule has 2 aromatic carbocycles. The van der Waals surface area contributed by atoms with Crippen molar-refractivity contribution in [3.05, 3.63) is 83.8 Å². The van der Waals surface area contributed by atoms with Crippen molar-refractivity contribution < 1.29 is 31.9 Å². The fourth-order valence-electron chi connectivity index (χ4n) is 7.88. The van der Waals surface area contributed by atoms with Crippen LogP contribution >= 0.6 is 0 Å². The molecule has 0 radical (unpaired) electrons. The maximum Gasteiger partial charge on any atom is 0.240 e. The molecule has 2 aliphatic heterocycles. The summed E-state index contributed by atoms with van der Waals surface area (Å²) in [5.74, 6) is -1.71. The average molecular weight is 716 g/mol. The summed E-state index contributed by atoms with van der Waals surface area (Å²) >= 11 is 0. The lowest BCUT2D eigenvalue weighted by Gasteiger charge is -2.29. The lowest BCUT2D eigenvalue weighted by Crippen LogP contribution is -2.47. The Bertz CT molecular complexity index is 1990. The zero-order valence-corrected chi connectivity index (χ0v) is 30.1. The molecule has 5 atom stereocenters. The van der Waals surface area contributed by atoms with Crippen molar-refractivity contribution >= 4 is 38.4 Å². The van der Waals surface area contributed by atoms with Gasteiger partial charge in [-0.1, -0.05) is 55.3 Å². The van der Waals surface area contributed by atoms with Crippen LogP contribution in [0, 0.1) is 30.0 Å². The van der Waals surface area contributed by atoms with E-state index >= 15 is 0 Å². The van der Waals surface area contributed by atoms with E-state index in [2.05, 4.69) is 9.71 Å². The first-order valence-corrected chi connectivity index (χ1v) is 19.7. The standard InChI is InChI=1S/C40H46FN3O6S/c1-26-20-27(14-15-33(26)41)21-29-11-6-4-3-5-7-12-30-23-40(30,38(47)43-51(48,49)39(2)17-18-39)24-35(45)34-22-31(25-44(34)37(29)46)50-36-32-13-9-8-10-28(32)16-19-42-36/h7-10,12-16,19-20,29-31,34H,3-6,11,17-18,21-25H2,1-2H3,(H,43,47)/b12-7-/t29-,30+,31-,34+,40-/m1/s1. The van der Waals surface area contributed by atoms with Crippen LogP contribution in [0.3, 0.4) is 0 Å². The van der Waals surface area contributed by atoms with E-state index in [9.17, 15) is 27.2 Å². The number of benzene rings is 2. The Balaban J connectivity index is 1.20. The van der Waals surface area contributed by atoms with E-state index in [1.807, 2.05) is 42.5 Å². The van der Waals surface area contributed by atoms with Gasteiger partial charge in [0, 0.05) is 30.3 Å². The minimum atomic E-state index is -3.91. The monoisotopic (exact) mass is 715 g/mol. The first-order valence-electron chi connectivity index (χ1n) is 18.2. The molecule has 0 spiro atoms. The molecular formula is C40H46FN3O6S. The summed E-state index contributed by atoms with van der Waals surface area (Å²) in [6.45, 7) is 3.49. The lowest BCUT2D eigenvalue weighted by molar-refractivity contribution is -0.142. The summed E-state index contributed by atoms with van der Waals surface area (Å²) in [5, 5.41) is 1.77. The molecule has 0 unspecified atom stereocenters.